The maximum absolute atomic E-state index is 14.4. The summed E-state index contributed by atoms with van der Waals surface area (Å²) in [6.45, 7) is 17.0. The van der Waals surface area contributed by atoms with E-state index in [2.05, 4.69) is 48.5 Å². The van der Waals surface area contributed by atoms with Crippen molar-refractivity contribution in [3.8, 4) is 0 Å². The first kappa shape index (κ1) is 31.0. The fourth-order valence-corrected chi connectivity index (χ4v) is 13.4. The molecule has 0 aromatic carbocycles. The Balaban J connectivity index is 1.19. The first-order valence-electron chi connectivity index (χ1n) is 18.4. The standard InChI is InChI=1S/C38H58O6/c1-8-37(4,5)34(38(6,7)9-2)27-10-19(3)29-25-17-26(30(27)29)32(35(40)43-24-16-28(39)42-18-24)31(25)36(41)44-33-22-12-20-11-21(14-22)15-23(33)13-20/h19-27,29-34H,8-18H2,1-7H3. The van der Waals surface area contributed by atoms with E-state index in [1.807, 2.05) is 0 Å². The predicted molar refractivity (Wildman–Crippen MR) is 167 cm³/mol. The lowest BCUT2D eigenvalue weighted by Gasteiger charge is -2.54. The van der Waals surface area contributed by atoms with Crippen LogP contribution in [-0.2, 0) is 28.6 Å². The van der Waals surface area contributed by atoms with E-state index in [0.29, 0.717) is 41.4 Å². The van der Waals surface area contributed by atoms with E-state index in [1.165, 1.54) is 38.5 Å². The number of carbonyl (C=O) groups is 3. The predicted octanol–water partition coefficient (Wildman–Crippen LogP) is 7.47. The van der Waals surface area contributed by atoms with Crippen molar-refractivity contribution < 1.29 is 28.6 Å². The second kappa shape index (κ2) is 11.0. The molecule has 0 N–H and O–H groups in total. The molecule has 246 valence electrons. The summed E-state index contributed by atoms with van der Waals surface area (Å²) in [5.41, 5.74) is 0.353. The Kier molecular flexibility index (Phi) is 7.76. The van der Waals surface area contributed by atoms with Gasteiger partial charge in [0, 0.05) is 0 Å². The molecular formula is C38H58O6. The molecule has 1 aliphatic heterocycles. The highest BCUT2D eigenvalue weighted by molar-refractivity contribution is 5.84. The lowest BCUT2D eigenvalue weighted by Crippen LogP contribution is -2.52. The van der Waals surface area contributed by atoms with Crippen LogP contribution in [0.1, 0.15) is 113 Å². The number of hydrogen-bond donors (Lipinski definition) is 0. The molecular weight excluding hydrogens is 552 g/mol. The molecule has 6 heteroatoms. The number of esters is 3. The maximum Gasteiger partial charge on any atom is 0.310 e. The Morgan fingerprint density at radius 1 is 0.795 bits per heavy atom. The summed E-state index contributed by atoms with van der Waals surface area (Å²) in [5.74, 6) is 3.73. The summed E-state index contributed by atoms with van der Waals surface area (Å²) in [6.07, 6.45) is 10.1. The van der Waals surface area contributed by atoms with Crippen molar-refractivity contribution in [2.75, 3.05) is 6.61 Å². The van der Waals surface area contributed by atoms with E-state index in [1.54, 1.807) is 0 Å². The van der Waals surface area contributed by atoms with E-state index in [0.717, 1.165) is 31.1 Å². The summed E-state index contributed by atoms with van der Waals surface area (Å²) in [4.78, 5) is 40.5. The maximum atomic E-state index is 14.4. The summed E-state index contributed by atoms with van der Waals surface area (Å²) in [7, 11) is 0. The molecule has 0 radical (unpaired) electrons. The van der Waals surface area contributed by atoms with Crippen LogP contribution >= 0.6 is 0 Å². The molecule has 7 aliphatic carbocycles. The van der Waals surface area contributed by atoms with Gasteiger partial charge >= 0.3 is 17.9 Å². The van der Waals surface area contributed by atoms with Gasteiger partial charge in [-0.3, -0.25) is 14.4 Å². The van der Waals surface area contributed by atoms with Gasteiger partial charge in [0.1, 0.15) is 18.8 Å². The lowest BCUT2D eigenvalue weighted by atomic mass is 9.54. The van der Waals surface area contributed by atoms with E-state index in [-0.39, 0.29) is 59.7 Å². The molecule has 6 bridgehead atoms. The molecule has 8 aliphatic rings. The fourth-order valence-electron chi connectivity index (χ4n) is 13.4. The van der Waals surface area contributed by atoms with Crippen LogP contribution in [0.15, 0.2) is 0 Å². The van der Waals surface area contributed by atoms with Gasteiger partial charge in [-0.05, 0) is 121 Å². The summed E-state index contributed by atoms with van der Waals surface area (Å²) < 4.78 is 17.8. The average molecular weight is 611 g/mol. The highest BCUT2D eigenvalue weighted by Gasteiger charge is 2.69. The number of fused-ring (bicyclic) bond motifs is 5. The van der Waals surface area contributed by atoms with Crippen LogP contribution in [0.5, 0.6) is 0 Å². The number of hydrogen-bond acceptors (Lipinski definition) is 6. The van der Waals surface area contributed by atoms with Gasteiger partial charge in [0.25, 0.3) is 0 Å². The molecule has 8 rings (SSSR count). The summed E-state index contributed by atoms with van der Waals surface area (Å²) >= 11 is 0. The zero-order valence-electron chi connectivity index (χ0n) is 28.4. The summed E-state index contributed by atoms with van der Waals surface area (Å²) in [6, 6.07) is 0. The van der Waals surface area contributed by atoms with E-state index in [9.17, 15) is 14.4 Å². The molecule has 0 amide bonds. The van der Waals surface area contributed by atoms with Crippen LogP contribution in [0.4, 0.5) is 0 Å². The minimum absolute atomic E-state index is 0.0246. The van der Waals surface area contributed by atoms with Gasteiger partial charge < -0.3 is 14.2 Å². The zero-order chi connectivity index (χ0) is 31.3. The minimum Gasteiger partial charge on any atom is -0.462 e. The topological polar surface area (TPSA) is 78.9 Å². The Bertz CT molecular complexity index is 1110. The van der Waals surface area contributed by atoms with Crippen LogP contribution in [-0.4, -0.2) is 36.7 Å². The number of cyclic esters (lactones) is 1. The fraction of sp³-hybridized carbons (Fsp3) is 0.921. The molecule has 1 heterocycles. The van der Waals surface area contributed by atoms with Crippen molar-refractivity contribution >= 4 is 17.9 Å². The molecule has 8 fully saturated rings. The zero-order valence-corrected chi connectivity index (χ0v) is 28.4. The van der Waals surface area contributed by atoms with Crippen molar-refractivity contribution in [1.82, 2.24) is 0 Å². The minimum atomic E-state index is -0.546. The first-order valence-corrected chi connectivity index (χ1v) is 18.4. The van der Waals surface area contributed by atoms with E-state index < -0.39 is 17.9 Å². The Morgan fingerprint density at radius 3 is 1.86 bits per heavy atom. The van der Waals surface area contributed by atoms with E-state index in [4.69, 9.17) is 14.2 Å². The van der Waals surface area contributed by atoms with Crippen LogP contribution in [0.3, 0.4) is 0 Å². The number of rotatable bonds is 9. The molecule has 0 aromatic heterocycles. The second-order valence-corrected chi connectivity index (χ2v) is 18.1. The monoisotopic (exact) mass is 610 g/mol. The first-order chi connectivity index (χ1) is 20.8. The van der Waals surface area contributed by atoms with Gasteiger partial charge in [0.2, 0.25) is 0 Å². The van der Waals surface area contributed by atoms with Crippen LogP contribution in [0, 0.1) is 87.8 Å². The van der Waals surface area contributed by atoms with Gasteiger partial charge in [-0.25, -0.2) is 0 Å². The van der Waals surface area contributed by atoms with Gasteiger partial charge in [0.15, 0.2) is 0 Å². The molecule has 9 atom stereocenters. The highest BCUT2D eigenvalue weighted by atomic mass is 16.6. The third kappa shape index (κ3) is 4.88. The highest BCUT2D eigenvalue weighted by Crippen LogP contribution is 2.70. The van der Waals surface area contributed by atoms with Crippen molar-refractivity contribution in [2.45, 2.75) is 125 Å². The molecule has 1 saturated heterocycles. The molecule has 0 aromatic rings. The SMILES string of the molecule is CCC(C)(C)C(C1CC(C)C2C3CC(C(C(=O)OC4COC(=O)C4)C3C(=O)OC3C4CC5CC(C4)CC3C5)C12)C(C)(C)CC. The molecule has 44 heavy (non-hydrogen) atoms. The third-order valence-corrected chi connectivity index (χ3v) is 15.1. The van der Waals surface area contributed by atoms with E-state index >= 15 is 0 Å². The van der Waals surface area contributed by atoms with Crippen molar-refractivity contribution in [3.05, 3.63) is 0 Å². The third-order valence-electron chi connectivity index (χ3n) is 15.1. The molecule has 7 saturated carbocycles. The Hall–Kier alpha value is -1.59. The number of ether oxygens (including phenoxy) is 3. The summed E-state index contributed by atoms with van der Waals surface area (Å²) in [5, 5.41) is 0. The van der Waals surface area contributed by atoms with Crippen molar-refractivity contribution in [2.24, 2.45) is 87.8 Å². The van der Waals surface area contributed by atoms with Crippen LogP contribution in [0.2, 0.25) is 0 Å². The molecule has 0 spiro atoms. The Morgan fingerprint density at radius 2 is 1.34 bits per heavy atom. The van der Waals surface area contributed by atoms with Gasteiger partial charge in [0.05, 0.1) is 18.3 Å². The lowest BCUT2D eigenvalue weighted by molar-refractivity contribution is -0.186. The largest absolute Gasteiger partial charge is 0.462 e. The Labute approximate surface area is 265 Å². The number of carbonyl (C=O) groups excluding carboxylic acids is 3. The smallest absolute Gasteiger partial charge is 0.310 e. The van der Waals surface area contributed by atoms with Crippen LogP contribution < -0.4 is 0 Å². The second-order valence-electron chi connectivity index (χ2n) is 18.1. The average Bonchev–Trinajstić information content (AvgIpc) is 3.72. The molecule has 6 nitrogen and oxygen atoms in total. The molecule has 9 unspecified atom stereocenters. The normalized spacial score (nSPS) is 45.6. The van der Waals surface area contributed by atoms with Crippen molar-refractivity contribution in [1.29, 1.82) is 0 Å². The van der Waals surface area contributed by atoms with Gasteiger partial charge in [-0.1, -0.05) is 61.3 Å². The van der Waals surface area contributed by atoms with Crippen LogP contribution in [0.25, 0.3) is 0 Å². The van der Waals surface area contributed by atoms with Gasteiger partial charge in [-0.2, -0.15) is 0 Å². The quantitative estimate of drug-likeness (QED) is 0.199. The van der Waals surface area contributed by atoms with Crippen molar-refractivity contribution in [3.63, 3.8) is 0 Å². The van der Waals surface area contributed by atoms with Gasteiger partial charge in [-0.15, -0.1) is 0 Å².